The average molecular weight is 403 g/mol. The van der Waals surface area contributed by atoms with Crippen LogP contribution in [0.2, 0.25) is 0 Å². The molecule has 31 heavy (non-hydrogen) atoms. The number of anilines is 1. The van der Waals surface area contributed by atoms with Crippen molar-refractivity contribution in [1.82, 2.24) is 9.97 Å². The Morgan fingerprint density at radius 2 is 1.45 bits per heavy atom. The Labute approximate surface area is 180 Å². The number of allylic oxidation sites excluding steroid dienone is 1. The summed E-state index contributed by atoms with van der Waals surface area (Å²) in [5.74, 6) is 0. The van der Waals surface area contributed by atoms with Gasteiger partial charge in [0, 0.05) is 57.3 Å². The Hall–Kier alpha value is -4.05. The van der Waals surface area contributed by atoms with Gasteiger partial charge in [0.15, 0.2) is 0 Å². The molecule has 6 rings (SSSR count). The molecule has 1 unspecified atom stereocenters. The SMILES string of the molecule is C=C(C1=NN(c2ccccc2)C(c2c[nH]c3ccccc23)C1)c1c[nH]c2ccccc12. The van der Waals surface area contributed by atoms with E-state index < -0.39 is 0 Å². The van der Waals surface area contributed by atoms with Crippen LogP contribution < -0.4 is 5.01 Å². The molecule has 5 aromatic rings. The highest BCUT2D eigenvalue weighted by Gasteiger charge is 2.32. The Morgan fingerprint density at radius 1 is 0.806 bits per heavy atom. The fraction of sp³-hybridized carbons (Fsp3) is 0.0741. The van der Waals surface area contributed by atoms with Crippen LogP contribution in [0.25, 0.3) is 27.4 Å². The van der Waals surface area contributed by atoms with Gasteiger partial charge in [0.1, 0.15) is 0 Å². The second kappa shape index (κ2) is 7.03. The third-order valence-corrected chi connectivity index (χ3v) is 6.17. The van der Waals surface area contributed by atoms with Crippen molar-refractivity contribution in [3.63, 3.8) is 0 Å². The number of H-pyrrole nitrogens is 2. The van der Waals surface area contributed by atoms with E-state index in [2.05, 4.69) is 94.5 Å². The lowest BCUT2D eigenvalue weighted by Gasteiger charge is -2.23. The summed E-state index contributed by atoms with van der Waals surface area (Å²) in [5.41, 5.74) is 7.70. The lowest BCUT2D eigenvalue weighted by Crippen LogP contribution is -2.18. The number of hydrogen-bond acceptors (Lipinski definition) is 2. The second-order valence-corrected chi connectivity index (χ2v) is 7.96. The third kappa shape index (κ3) is 2.88. The average Bonchev–Trinajstić information content (AvgIpc) is 3.55. The second-order valence-electron chi connectivity index (χ2n) is 7.96. The first-order chi connectivity index (χ1) is 15.3. The van der Waals surface area contributed by atoms with Gasteiger partial charge in [0.05, 0.1) is 17.4 Å². The molecule has 0 bridgehead atoms. The van der Waals surface area contributed by atoms with Crippen molar-refractivity contribution >= 4 is 38.8 Å². The van der Waals surface area contributed by atoms with Gasteiger partial charge in [-0.3, -0.25) is 5.01 Å². The quantitative estimate of drug-likeness (QED) is 0.346. The maximum atomic E-state index is 5.09. The van der Waals surface area contributed by atoms with E-state index in [4.69, 9.17) is 5.10 Å². The van der Waals surface area contributed by atoms with Crippen LogP contribution in [0.4, 0.5) is 5.69 Å². The molecule has 4 heteroatoms. The van der Waals surface area contributed by atoms with E-state index in [1.54, 1.807) is 0 Å². The van der Waals surface area contributed by atoms with Gasteiger partial charge >= 0.3 is 0 Å². The van der Waals surface area contributed by atoms with Gasteiger partial charge in [0.2, 0.25) is 0 Å². The maximum absolute atomic E-state index is 5.09. The van der Waals surface area contributed by atoms with Crippen LogP contribution in [0.1, 0.15) is 23.6 Å². The maximum Gasteiger partial charge on any atom is 0.0852 e. The summed E-state index contributed by atoms with van der Waals surface area (Å²) < 4.78 is 0. The molecule has 0 aliphatic carbocycles. The van der Waals surface area contributed by atoms with Gasteiger partial charge in [-0.05, 0) is 24.3 Å². The van der Waals surface area contributed by atoms with E-state index in [0.717, 1.165) is 40.0 Å². The topological polar surface area (TPSA) is 47.2 Å². The van der Waals surface area contributed by atoms with E-state index in [-0.39, 0.29) is 6.04 Å². The fourth-order valence-electron chi connectivity index (χ4n) is 4.60. The molecule has 0 saturated carbocycles. The van der Waals surface area contributed by atoms with Crippen LogP contribution in [0, 0.1) is 0 Å². The molecule has 0 fully saturated rings. The van der Waals surface area contributed by atoms with E-state index in [1.165, 1.54) is 16.3 Å². The van der Waals surface area contributed by atoms with Crippen molar-refractivity contribution in [1.29, 1.82) is 0 Å². The molecule has 4 nitrogen and oxygen atoms in total. The minimum atomic E-state index is 0.107. The number of hydrazone groups is 1. The van der Waals surface area contributed by atoms with Crippen LogP contribution in [0.15, 0.2) is 103 Å². The van der Waals surface area contributed by atoms with E-state index >= 15 is 0 Å². The number of aromatic nitrogens is 2. The third-order valence-electron chi connectivity index (χ3n) is 6.17. The number of hydrogen-bond donors (Lipinski definition) is 2. The first kappa shape index (κ1) is 17.8. The van der Waals surface area contributed by atoms with Crippen LogP contribution in [-0.2, 0) is 0 Å². The summed E-state index contributed by atoms with van der Waals surface area (Å²) in [6, 6.07) is 27.3. The zero-order chi connectivity index (χ0) is 20.8. The summed E-state index contributed by atoms with van der Waals surface area (Å²) >= 11 is 0. The number of rotatable bonds is 4. The van der Waals surface area contributed by atoms with Crippen molar-refractivity contribution in [2.45, 2.75) is 12.5 Å². The van der Waals surface area contributed by atoms with Crippen LogP contribution in [0.3, 0.4) is 0 Å². The Kier molecular flexibility index (Phi) is 4.03. The largest absolute Gasteiger partial charge is 0.361 e. The first-order valence-corrected chi connectivity index (χ1v) is 10.5. The van der Waals surface area contributed by atoms with Crippen molar-refractivity contribution in [2.75, 3.05) is 5.01 Å². The lowest BCUT2D eigenvalue weighted by atomic mass is 9.95. The molecule has 2 N–H and O–H groups in total. The van der Waals surface area contributed by atoms with E-state index in [0.29, 0.717) is 0 Å². The number of nitrogens with one attached hydrogen (secondary N) is 2. The Bertz CT molecular complexity index is 1440. The molecule has 0 saturated heterocycles. The van der Waals surface area contributed by atoms with Crippen molar-refractivity contribution in [2.24, 2.45) is 5.10 Å². The number of fused-ring (bicyclic) bond motifs is 2. The predicted molar refractivity (Wildman–Crippen MR) is 129 cm³/mol. The molecule has 0 amide bonds. The number of benzene rings is 3. The highest BCUT2D eigenvalue weighted by molar-refractivity contribution is 6.27. The minimum absolute atomic E-state index is 0.107. The van der Waals surface area contributed by atoms with Gasteiger partial charge in [-0.25, -0.2) is 0 Å². The number of para-hydroxylation sites is 3. The molecule has 1 aliphatic rings. The molecule has 150 valence electrons. The molecule has 3 aromatic carbocycles. The summed E-state index contributed by atoms with van der Waals surface area (Å²) in [7, 11) is 0. The van der Waals surface area contributed by atoms with Crippen LogP contribution >= 0.6 is 0 Å². The van der Waals surface area contributed by atoms with Crippen molar-refractivity contribution in [3.8, 4) is 0 Å². The summed E-state index contributed by atoms with van der Waals surface area (Å²) in [4.78, 5) is 6.79. The van der Waals surface area contributed by atoms with Crippen molar-refractivity contribution < 1.29 is 0 Å². The Morgan fingerprint density at radius 3 is 2.26 bits per heavy atom. The molecular weight excluding hydrogens is 380 g/mol. The number of nitrogens with zero attached hydrogens (tertiary/aromatic N) is 2. The van der Waals surface area contributed by atoms with Crippen LogP contribution in [0.5, 0.6) is 0 Å². The van der Waals surface area contributed by atoms with Gasteiger partial charge in [-0.15, -0.1) is 0 Å². The fourth-order valence-corrected chi connectivity index (χ4v) is 4.60. The van der Waals surface area contributed by atoms with Crippen LogP contribution in [-0.4, -0.2) is 15.7 Å². The van der Waals surface area contributed by atoms with E-state index in [1.807, 2.05) is 18.3 Å². The van der Waals surface area contributed by atoms with Crippen molar-refractivity contribution in [3.05, 3.63) is 109 Å². The molecular formula is C27H22N4. The standard InChI is InChI=1S/C27H22N4/c1-18(22-16-28-24-13-7-5-11-20(22)24)26-15-27(31(30-26)19-9-3-2-4-10-19)23-17-29-25-14-8-6-12-21(23)25/h2-14,16-17,27-29H,1,15H2. The zero-order valence-electron chi connectivity index (χ0n) is 17.0. The predicted octanol–water partition coefficient (Wildman–Crippen LogP) is 6.67. The Balaban J connectivity index is 1.44. The normalized spacial score (nSPS) is 16.2. The highest BCUT2D eigenvalue weighted by atomic mass is 15.5. The molecule has 2 aromatic heterocycles. The van der Waals surface area contributed by atoms with E-state index in [9.17, 15) is 0 Å². The monoisotopic (exact) mass is 402 g/mol. The molecule has 1 aliphatic heterocycles. The van der Waals surface area contributed by atoms with Gasteiger partial charge in [-0.1, -0.05) is 61.2 Å². The summed E-state index contributed by atoms with van der Waals surface area (Å²) in [5, 5.41) is 9.65. The first-order valence-electron chi connectivity index (χ1n) is 10.5. The van der Waals surface area contributed by atoms with Gasteiger partial charge in [-0.2, -0.15) is 5.10 Å². The zero-order valence-corrected chi connectivity index (χ0v) is 17.0. The summed E-state index contributed by atoms with van der Waals surface area (Å²) in [6.07, 6.45) is 4.97. The summed E-state index contributed by atoms with van der Waals surface area (Å²) in [6.45, 7) is 4.45. The number of aromatic amines is 2. The lowest BCUT2D eigenvalue weighted by molar-refractivity contribution is 0.714. The molecule has 0 radical (unpaired) electrons. The van der Waals surface area contributed by atoms with Gasteiger partial charge in [0.25, 0.3) is 0 Å². The molecule has 1 atom stereocenters. The van der Waals surface area contributed by atoms with Gasteiger partial charge < -0.3 is 9.97 Å². The molecule has 0 spiro atoms. The highest BCUT2D eigenvalue weighted by Crippen LogP contribution is 2.41. The smallest absolute Gasteiger partial charge is 0.0852 e. The molecule has 3 heterocycles. The minimum Gasteiger partial charge on any atom is -0.361 e.